The smallest absolute Gasteiger partial charge is 0.322 e. The highest BCUT2D eigenvalue weighted by molar-refractivity contribution is 6.01. The van der Waals surface area contributed by atoms with Crippen LogP contribution < -0.4 is 11.1 Å². The van der Waals surface area contributed by atoms with Crippen molar-refractivity contribution in [2.45, 2.75) is 13.1 Å². The number of hydrogen-bond acceptors (Lipinski definition) is 5. The SMILES string of the molecule is Cn1cc2c(F)cc(-c3nn4c(c3C(N)=O)CN(C(=O)Nc3ccc(C#N)cc3)CC4)cc2n1. The summed E-state index contributed by atoms with van der Waals surface area (Å²) in [5.74, 6) is -1.20. The minimum Gasteiger partial charge on any atom is -0.365 e. The van der Waals surface area contributed by atoms with Gasteiger partial charge in [-0.3, -0.25) is 14.2 Å². The number of anilines is 1. The predicted molar refractivity (Wildman–Crippen MR) is 121 cm³/mol. The molecule has 0 saturated carbocycles. The van der Waals surface area contributed by atoms with Gasteiger partial charge in [-0.25, -0.2) is 9.18 Å². The summed E-state index contributed by atoms with van der Waals surface area (Å²) in [6.07, 6.45) is 1.58. The van der Waals surface area contributed by atoms with Gasteiger partial charge in [-0.15, -0.1) is 0 Å². The standard InChI is InChI=1S/C23H19FN8O2/c1-30-11-16-17(24)8-14(9-18(16)28-30)21-20(22(26)33)19-12-31(6-7-32(19)29-21)23(34)27-15-4-2-13(10-25)3-5-15/h2-5,8-9,11H,6-7,12H2,1H3,(H2,26,33)(H,27,34). The summed E-state index contributed by atoms with van der Waals surface area (Å²) in [6.45, 7) is 0.786. The number of benzene rings is 2. The molecule has 1 aliphatic rings. The lowest BCUT2D eigenvalue weighted by atomic mass is 10.0. The van der Waals surface area contributed by atoms with Crippen molar-refractivity contribution in [1.82, 2.24) is 24.5 Å². The van der Waals surface area contributed by atoms with Crippen LogP contribution in [0.2, 0.25) is 0 Å². The molecule has 0 fully saturated rings. The third-order valence-electron chi connectivity index (χ3n) is 5.74. The van der Waals surface area contributed by atoms with Crippen LogP contribution in [0.1, 0.15) is 21.6 Å². The molecule has 0 spiro atoms. The Hall–Kier alpha value is -4.72. The number of aromatic nitrogens is 4. The average molecular weight is 458 g/mol. The second-order valence-corrected chi connectivity index (χ2v) is 7.99. The van der Waals surface area contributed by atoms with E-state index in [1.165, 1.54) is 15.6 Å². The molecule has 0 unspecified atom stereocenters. The van der Waals surface area contributed by atoms with Crippen molar-refractivity contribution in [2.75, 3.05) is 11.9 Å². The lowest BCUT2D eigenvalue weighted by Gasteiger charge is -2.28. The summed E-state index contributed by atoms with van der Waals surface area (Å²) in [7, 11) is 1.70. The van der Waals surface area contributed by atoms with Crippen molar-refractivity contribution >= 4 is 28.5 Å². The summed E-state index contributed by atoms with van der Waals surface area (Å²) in [5.41, 5.74) is 8.41. The van der Waals surface area contributed by atoms with Gasteiger partial charge in [-0.05, 0) is 36.4 Å². The number of rotatable bonds is 3. The third-order valence-corrected chi connectivity index (χ3v) is 5.74. The number of carbonyl (C=O) groups excluding carboxylic acids is 2. The van der Waals surface area contributed by atoms with Crippen LogP contribution in [0.5, 0.6) is 0 Å². The van der Waals surface area contributed by atoms with Gasteiger partial charge >= 0.3 is 6.03 Å². The molecule has 3 N–H and O–H groups in total. The number of nitriles is 1. The predicted octanol–water partition coefficient (Wildman–Crippen LogP) is 2.59. The van der Waals surface area contributed by atoms with Gasteiger partial charge in [0.05, 0.1) is 46.9 Å². The van der Waals surface area contributed by atoms with Crippen molar-refractivity contribution in [3.8, 4) is 17.3 Å². The van der Waals surface area contributed by atoms with E-state index in [9.17, 15) is 14.0 Å². The van der Waals surface area contributed by atoms with Crippen LogP contribution in [0.25, 0.3) is 22.2 Å². The molecule has 3 amide bonds. The zero-order chi connectivity index (χ0) is 24.0. The molecule has 0 atom stereocenters. The van der Waals surface area contributed by atoms with E-state index < -0.39 is 11.7 Å². The molecule has 2 aromatic carbocycles. The number of halogens is 1. The van der Waals surface area contributed by atoms with Crippen molar-refractivity contribution < 1.29 is 14.0 Å². The zero-order valence-electron chi connectivity index (χ0n) is 18.1. The van der Waals surface area contributed by atoms with Gasteiger partial charge in [0.1, 0.15) is 11.5 Å². The maximum Gasteiger partial charge on any atom is 0.322 e. The van der Waals surface area contributed by atoms with E-state index in [0.717, 1.165) is 0 Å². The van der Waals surface area contributed by atoms with Gasteiger partial charge in [-0.1, -0.05) is 0 Å². The summed E-state index contributed by atoms with van der Waals surface area (Å²) < 4.78 is 17.8. The summed E-state index contributed by atoms with van der Waals surface area (Å²) in [5, 5.41) is 20.8. The molecule has 0 saturated heterocycles. The van der Waals surface area contributed by atoms with Crippen LogP contribution in [0.4, 0.5) is 14.9 Å². The Labute approximate surface area is 193 Å². The Kier molecular flexibility index (Phi) is 4.98. The van der Waals surface area contributed by atoms with Crippen molar-refractivity contribution in [1.29, 1.82) is 5.26 Å². The third kappa shape index (κ3) is 3.61. The van der Waals surface area contributed by atoms with Gasteiger partial charge in [0.2, 0.25) is 0 Å². The number of nitrogens with one attached hydrogen (secondary N) is 1. The van der Waals surface area contributed by atoms with E-state index >= 15 is 0 Å². The molecule has 1 aliphatic heterocycles. The monoisotopic (exact) mass is 458 g/mol. The molecule has 170 valence electrons. The van der Waals surface area contributed by atoms with E-state index in [4.69, 9.17) is 11.0 Å². The number of aryl methyl sites for hydroxylation is 1. The topological polar surface area (TPSA) is 135 Å². The van der Waals surface area contributed by atoms with Crippen LogP contribution in [0.15, 0.2) is 42.6 Å². The number of carbonyl (C=O) groups is 2. The maximum atomic E-state index is 14.7. The minimum absolute atomic E-state index is 0.0989. The van der Waals surface area contributed by atoms with E-state index in [0.29, 0.717) is 46.5 Å². The Morgan fingerprint density at radius 3 is 2.65 bits per heavy atom. The minimum atomic E-state index is -0.716. The molecule has 0 radical (unpaired) electrons. The largest absolute Gasteiger partial charge is 0.365 e. The van der Waals surface area contributed by atoms with E-state index in [1.54, 1.807) is 48.3 Å². The van der Waals surface area contributed by atoms with E-state index in [1.807, 2.05) is 6.07 Å². The fourth-order valence-electron chi connectivity index (χ4n) is 4.12. The first-order valence-corrected chi connectivity index (χ1v) is 10.4. The zero-order valence-corrected chi connectivity index (χ0v) is 18.1. The maximum absolute atomic E-state index is 14.7. The Bertz CT molecular complexity index is 1500. The van der Waals surface area contributed by atoms with E-state index in [2.05, 4.69) is 15.5 Å². The van der Waals surface area contributed by atoms with E-state index in [-0.39, 0.29) is 23.8 Å². The lowest BCUT2D eigenvalue weighted by molar-refractivity contribution is 0.0997. The molecule has 0 aliphatic carbocycles. The Morgan fingerprint density at radius 1 is 1.18 bits per heavy atom. The van der Waals surface area contributed by atoms with Gasteiger partial charge < -0.3 is 16.0 Å². The second-order valence-electron chi connectivity index (χ2n) is 7.99. The van der Waals surface area contributed by atoms with Gasteiger partial charge in [-0.2, -0.15) is 15.5 Å². The molecular formula is C23H19FN8O2. The second kappa shape index (κ2) is 8.00. The molecule has 3 heterocycles. The molecule has 0 bridgehead atoms. The van der Waals surface area contributed by atoms with Crippen LogP contribution in [0.3, 0.4) is 0 Å². The summed E-state index contributed by atoms with van der Waals surface area (Å²) >= 11 is 0. The number of hydrogen-bond donors (Lipinski definition) is 2. The Balaban J connectivity index is 1.47. The summed E-state index contributed by atoms with van der Waals surface area (Å²) in [6, 6.07) is 11.1. The van der Waals surface area contributed by atoms with Crippen LogP contribution in [-0.4, -0.2) is 42.9 Å². The number of urea groups is 1. The molecule has 34 heavy (non-hydrogen) atoms. The fraction of sp³-hybridized carbons (Fsp3) is 0.174. The van der Waals surface area contributed by atoms with Crippen molar-refractivity contribution in [3.05, 3.63) is 65.2 Å². The molecule has 10 nitrogen and oxygen atoms in total. The number of nitrogens with two attached hydrogens (primary N) is 1. The highest BCUT2D eigenvalue weighted by Gasteiger charge is 2.30. The van der Waals surface area contributed by atoms with Gasteiger partial charge in [0, 0.05) is 31.0 Å². The number of primary amides is 1. The molecule has 5 rings (SSSR count). The summed E-state index contributed by atoms with van der Waals surface area (Å²) in [4.78, 5) is 26.8. The molecule has 11 heteroatoms. The normalized spacial score (nSPS) is 12.9. The van der Waals surface area contributed by atoms with Crippen LogP contribution in [-0.2, 0) is 20.1 Å². The lowest BCUT2D eigenvalue weighted by Crippen LogP contribution is -2.41. The van der Waals surface area contributed by atoms with Gasteiger partial charge in [0.15, 0.2) is 0 Å². The highest BCUT2D eigenvalue weighted by Crippen LogP contribution is 2.31. The van der Waals surface area contributed by atoms with Crippen LogP contribution in [0, 0.1) is 17.1 Å². The number of nitrogens with zero attached hydrogens (tertiary/aromatic N) is 6. The molecular weight excluding hydrogens is 439 g/mol. The first-order valence-electron chi connectivity index (χ1n) is 10.4. The fourth-order valence-corrected chi connectivity index (χ4v) is 4.12. The van der Waals surface area contributed by atoms with Gasteiger partial charge in [0.25, 0.3) is 5.91 Å². The molecule has 2 aromatic heterocycles. The average Bonchev–Trinajstić information content (AvgIpc) is 3.39. The quantitative estimate of drug-likeness (QED) is 0.487. The van der Waals surface area contributed by atoms with Crippen LogP contribution >= 0.6 is 0 Å². The first kappa shape index (κ1) is 21.1. The first-order chi connectivity index (χ1) is 16.3. The van der Waals surface area contributed by atoms with Crippen molar-refractivity contribution in [2.24, 2.45) is 12.8 Å². The number of fused-ring (bicyclic) bond motifs is 2. The Morgan fingerprint density at radius 2 is 1.94 bits per heavy atom. The van der Waals surface area contributed by atoms with Crippen molar-refractivity contribution in [3.63, 3.8) is 0 Å². The number of amides is 3. The highest BCUT2D eigenvalue weighted by atomic mass is 19.1. The molecule has 4 aromatic rings.